The first kappa shape index (κ1) is 14.8. The maximum atomic E-state index is 11.9. The average Bonchev–Trinajstić information content (AvgIpc) is 2.83. The minimum Gasteiger partial charge on any atom is -0.356 e. The molecule has 5 nitrogen and oxygen atoms in total. The van der Waals surface area contributed by atoms with Crippen LogP contribution in [0.4, 0.5) is 0 Å². The maximum absolute atomic E-state index is 11.9. The quantitative estimate of drug-likeness (QED) is 0.682. The fourth-order valence-corrected chi connectivity index (χ4v) is 2.98. The third kappa shape index (κ3) is 4.75. The first-order valence-electron chi connectivity index (χ1n) is 7.59. The lowest BCUT2D eigenvalue weighted by molar-refractivity contribution is -0.124. The van der Waals surface area contributed by atoms with Crippen LogP contribution in [0.5, 0.6) is 0 Å². The van der Waals surface area contributed by atoms with Crippen molar-refractivity contribution in [3.63, 3.8) is 0 Å². The molecule has 2 rings (SSSR count). The highest BCUT2D eigenvalue weighted by Gasteiger charge is 2.27. The Bertz CT molecular complexity index is 289. The number of nitrogens with zero attached hydrogens (tertiary/aromatic N) is 2. The largest absolute Gasteiger partial charge is 0.356 e. The Morgan fingerprint density at radius 1 is 1.26 bits per heavy atom. The summed E-state index contributed by atoms with van der Waals surface area (Å²) >= 11 is 0. The minimum atomic E-state index is 0.165. The molecule has 110 valence electrons. The Morgan fingerprint density at radius 2 is 2.00 bits per heavy atom. The lowest BCUT2D eigenvalue weighted by Crippen LogP contribution is -2.45. The van der Waals surface area contributed by atoms with Crippen LogP contribution in [-0.2, 0) is 4.79 Å². The lowest BCUT2D eigenvalue weighted by Gasteiger charge is -2.32. The van der Waals surface area contributed by atoms with Gasteiger partial charge in [0, 0.05) is 44.7 Å². The van der Waals surface area contributed by atoms with E-state index in [9.17, 15) is 4.79 Å². The van der Waals surface area contributed by atoms with E-state index in [4.69, 9.17) is 5.73 Å². The molecule has 0 aromatic rings. The van der Waals surface area contributed by atoms with Gasteiger partial charge in [-0.3, -0.25) is 4.79 Å². The van der Waals surface area contributed by atoms with Crippen molar-refractivity contribution in [1.29, 1.82) is 0 Å². The molecule has 1 saturated carbocycles. The van der Waals surface area contributed by atoms with E-state index in [0.29, 0.717) is 0 Å². The molecule has 1 saturated heterocycles. The van der Waals surface area contributed by atoms with E-state index in [2.05, 4.69) is 22.2 Å². The number of piperazine rings is 1. The molecule has 1 aliphatic heterocycles. The Balaban J connectivity index is 1.53. The first-order chi connectivity index (χ1) is 9.15. The predicted octanol–water partition coefficient (Wildman–Crippen LogP) is -0.132. The van der Waals surface area contributed by atoms with Gasteiger partial charge in [-0.25, -0.2) is 0 Å². The molecule has 2 atom stereocenters. The predicted molar refractivity (Wildman–Crippen MR) is 76.9 cm³/mol. The van der Waals surface area contributed by atoms with Crippen molar-refractivity contribution < 1.29 is 4.79 Å². The van der Waals surface area contributed by atoms with E-state index in [-0.39, 0.29) is 17.9 Å². The minimum absolute atomic E-state index is 0.165. The van der Waals surface area contributed by atoms with Crippen molar-refractivity contribution in [1.82, 2.24) is 15.1 Å². The van der Waals surface area contributed by atoms with Gasteiger partial charge in [0.1, 0.15) is 0 Å². The van der Waals surface area contributed by atoms with Gasteiger partial charge in [-0.15, -0.1) is 0 Å². The van der Waals surface area contributed by atoms with Crippen molar-refractivity contribution in [2.24, 2.45) is 11.7 Å². The van der Waals surface area contributed by atoms with E-state index >= 15 is 0 Å². The Morgan fingerprint density at radius 3 is 2.63 bits per heavy atom. The summed E-state index contributed by atoms with van der Waals surface area (Å²) in [7, 11) is 2.17. The van der Waals surface area contributed by atoms with Crippen LogP contribution < -0.4 is 11.1 Å². The second-order valence-corrected chi connectivity index (χ2v) is 6.06. The van der Waals surface area contributed by atoms with Crippen molar-refractivity contribution in [2.45, 2.75) is 31.7 Å². The van der Waals surface area contributed by atoms with Gasteiger partial charge in [0.15, 0.2) is 0 Å². The van der Waals surface area contributed by atoms with Gasteiger partial charge >= 0.3 is 0 Å². The van der Waals surface area contributed by atoms with Crippen LogP contribution in [0.3, 0.4) is 0 Å². The summed E-state index contributed by atoms with van der Waals surface area (Å²) in [6.45, 7) is 6.53. The normalized spacial score (nSPS) is 29.6. The zero-order chi connectivity index (χ0) is 13.7. The molecule has 19 heavy (non-hydrogen) atoms. The molecule has 0 aromatic carbocycles. The molecular formula is C14H28N4O. The smallest absolute Gasteiger partial charge is 0.223 e. The SMILES string of the molecule is CN1CCN(CCCNC(=O)C2CCC(N)C2)CC1. The van der Waals surface area contributed by atoms with Crippen molar-refractivity contribution in [3.8, 4) is 0 Å². The Hall–Kier alpha value is -0.650. The molecule has 1 amide bonds. The van der Waals surface area contributed by atoms with Crippen LogP contribution in [-0.4, -0.2) is 68.1 Å². The van der Waals surface area contributed by atoms with Gasteiger partial charge in [-0.1, -0.05) is 0 Å². The summed E-state index contributed by atoms with van der Waals surface area (Å²) in [5.41, 5.74) is 5.84. The number of carbonyl (C=O) groups is 1. The maximum Gasteiger partial charge on any atom is 0.223 e. The highest BCUT2D eigenvalue weighted by molar-refractivity contribution is 5.78. The molecular weight excluding hydrogens is 240 g/mol. The second kappa shape index (κ2) is 7.22. The van der Waals surface area contributed by atoms with E-state index in [1.807, 2.05) is 0 Å². The molecule has 2 aliphatic rings. The summed E-state index contributed by atoms with van der Waals surface area (Å²) in [4.78, 5) is 16.7. The van der Waals surface area contributed by atoms with Crippen LogP contribution in [0, 0.1) is 5.92 Å². The number of carbonyl (C=O) groups excluding carboxylic acids is 1. The highest BCUT2D eigenvalue weighted by Crippen LogP contribution is 2.23. The number of hydrogen-bond donors (Lipinski definition) is 2. The molecule has 0 spiro atoms. The number of nitrogens with one attached hydrogen (secondary N) is 1. The molecule has 0 radical (unpaired) electrons. The van der Waals surface area contributed by atoms with Crippen LogP contribution in [0.2, 0.25) is 0 Å². The highest BCUT2D eigenvalue weighted by atomic mass is 16.1. The lowest BCUT2D eigenvalue weighted by atomic mass is 10.1. The number of nitrogens with two attached hydrogens (primary N) is 1. The van der Waals surface area contributed by atoms with Crippen molar-refractivity contribution in [3.05, 3.63) is 0 Å². The monoisotopic (exact) mass is 268 g/mol. The van der Waals surface area contributed by atoms with Gasteiger partial charge in [0.25, 0.3) is 0 Å². The van der Waals surface area contributed by atoms with Crippen molar-refractivity contribution >= 4 is 5.91 Å². The molecule has 1 heterocycles. The van der Waals surface area contributed by atoms with E-state index in [1.165, 1.54) is 0 Å². The first-order valence-corrected chi connectivity index (χ1v) is 7.59. The van der Waals surface area contributed by atoms with Crippen LogP contribution in [0.15, 0.2) is 0 Å². The summed E-state index contributed by atoms with van der Waals surface area (Å²) in [5.74, 6) is 0.380. The second-order valence-electron chi connectivity index (χ2n) is 6.06. The van der Waals surface area contributed by atoms with E-state index in [1.54, 1.807) is 0 Å². The van der Waals surface area contributed by atoms with Crippen LogP contribution >= 0.6 is 0 Å². The van der Waals surface area contributed by atoms with Gasteiger partial charge in [0.2, 0.25) is 5.91 Å². The third-order valence-electron chi connectivity index (χ3n) is 4.39. The standard InChI is InChI=1S/C14H28N4O/c1-17-7-9-18(10-8-17)6-2-5-16-14(19)12-3-4-13(15)11-12/h12-13H,2-11,15H2,1H3,(H,16,19). The zero-order valence-electron chi connectivity index (χ0n) is 12.1. The van der Waals surface area contributed by atoms with E-state index in [0.717, 1.165) is 65.0 Å². The molecule has 2 fully saturated rings. The van der Waals surface area contributed by atoms with Crippen LogP contribution in [0.25, 0.3) is 0 Å². The Kier molecular flexibility index (Phi) is 5.60. The molecule has 3 N–H and O–H groups in total. The van der Waals surface area contributed by atoms with Crippen LogP contribution in [0.1, 0.15) is 25.7 Å². The van der Waals surface area contributed by atoms with E-state index < -0.39 is 0 Å². The molecule has 0 aromatic heterocycles. The summed E-state index contributed by atoms with van der Waals surface area (Å²) < 4.78 is 0. The summed E-state index contributed by atoms with van der Waals surface area (Å²) in [6, 6.07) is 0.237. The number of likely N-dealkylation sites (N-methyl/N-ethyl adjacent to an activating group) is 1. The fraction of sp³-hybridized carbons (Fsp3) is 0.929. The Labute approximate surface area is 116 Å². The zero-order valence-corrected chi connectivity index (χ0v) is 12.1. The van der Waals surface area contributed by atoms with Gasteiger partial charge in [-0.05, 0) is 39.3 Å². The van der Waals surface area contributed by atoms with Gasteiger partial charge < -0.3 is 20.9 Å². The fourth-order valence-electron chi connectivity index (χ4n) is 2.98. The number of amides is 1. The molecule has 5 heteroatoms. The number of hydrogen-bond acceptors (Lipinski definition) is 4. The molecule has 0 bridgehead atoms. The third-order valence-corrected chi connectivity index (χ3v) is 4.39. The topological polar surface area (TPSA) is 61.6 Å². The molecule has 1 aliphatic carbocycles. The van der Waals surface area contributed by atoms with Crippen molar-refractivity contribution in [2.75, 3.05) is 46.3 Å². The summed E-state index contributed by atoms with van der Waals surface area (Å²) in [6.07, 6.45) is 3.88. The molecule has 2 unspecified atom stereocenters. The summed E-state index contributed by atoms with van der Waals surface area (Å²) in [5, 5.41) is 3.06. The number of rotatable bonds is 5. The van der Waals surface area contributed by atoms with Gasteiger partial charge in [0.05, 0.1) is 0 Å². The average molecular weight is 268 g/mol. The van der Waals surface area contributed by atoms with Gasteiger partial charge in [-0.2, -0.15) is 0 Å².